The van der Waals surface area contributed by atoms with Gasteiger partial charge in [-0.05, 0) is 61.5 Å². The van der Waals surface area contributed by atoms with E-state index in [-0.39, 0.29) is 5.78 Å². The fourth-order valence-electron chi connectivity index (χ4n) is 2.39. The Hall–Kier alpha value is -3.72. The molecule has 26 heavy (non-hydrogen) atoms. The lowest BCUT2D eigenvalue weighted by molar-refractivity contribution is 0.103. The number of hydrogen-bond acceptors (Lipinski definition) is 6. The number of nitriles is 1. The van der Waals surface area contributed by atoms with Gasteiger partial charge in [0.2, 0.25) is 11.7 Å². The van der Waals surface area contributed by atoms with Crippen molar-refractivity contribution < 1.29 is 9.53 Å². The average molecular weight is 344 g/mol. The predicted octanol–water partition coefficient (Wildman–Crippen LogP) is 3.64. The number of aryl methyl sites for hydroxylation is 1. The molecule has 0 atom stereocenters. The highest BCUT2D eigenvalue weighted by Crippen LogP contribution is 2.18. The Morgan fingerprint density at radius 1 is 1.08 bits per heavy atom. The lowest BCUT2D eigenvalue weighted by Crippen LogP contribution is -2.08. The Labute approximate surface area is 151 Å². The van der Waals surface area contributed by atoms with Gasteiger partial charge in [-0.2, -0.15) is 5.26 Å². The molecule has 0 saturated heterocycles. The second kappa shape index (κ2) is 7.45. The van der Waals surface area contributed by atoms with Gasteiger partial charge in [0.05, 0.1) is 18.7 Å². The topological polar surface area (TPSA) is 87.9 Å². The Morgan fingerprint density at radius 2 is 1.77 bits per heavy atom. The summed E-state index contributed by atoms with van der Waals surface area (Å²) in [5.74, 6) is 0.816. The second-order valence-corrected chi connectivity index (χ2v) is 5.59. The minimum absolute atomic E-state index is 0.193. The zero-order chi connectivity index (χ0) is 18.5. The summed E-state index contributed by atoms with van der Waals surface area (Å²) in [6.45, 7) is 1.80. The van der Waals surface area contributed by atoms with Crippen molar-refractivity contribution in [3.63, 3.8) is 0 Å². The van der Waals surface area contributed by atoms with Crippen LogP contribution in [0.1, 0.15) is 27.3 Å². The fraction of sp³-hybridized carbons (Fsp3) is 0.100. The van der Waals surface area contributed by atoms with Crippen LogP contribution in [0.3, 0.4) is 0 Å². The summed E-state index contributed by atoms with van der Waals surface area (Å²) < 4.78 is 5.11. The van der Waals surface area contributed by atoms with Crippen LogP contribution in [-0.2, 0) is 0 Å². The largest absolute Gasteiger partial charge is 0.497 e. The average Bonchev–Trinajstić information content (AvgIpc) is 2.67. The number of rotatable bonds is 5. The third kappa shape index (κ3) is 3.84. The molecule has 1 aromatic heterocycles. The molecule has 2 aromatic carbocycles. The van der Waals surface area contributed by atoms with Gasteiger partial charge in [-0.15, -0.1) is 0 Å². The van der Waals surface area contributed by atoms with Gasteiger partial charge in [-0.1, -0.05) is 0 Å². The molecule has 0 fully saturated rings. The SMILES string of the molecule is COc1ccc(C(=O)c2cc(C)nc(Nc3ccc(C#N)cc3)n2)cc1. The minimum atomic E-state index is -0.193. The number of methoxy groups -OCH3 is 1. The molecule has 0 aliphatic rings. The standard InChI is InChI=1S/C20H16N4O2/c1-13-11-18(19(25)15-5-9-17(26-2)10-6-15)24-20(22-13)23-16-7-3-14(12-21)4-8-16/h3-11H,1-2H3,(H,22,23,24). The molecular weight excluding hydrogens is 328 g/mol. The Morgan fingerprint density at radius 3 is 2.38 bits per heavy atom. The predicted molar refractivity (Wildman–Crippen MR) is 97.6 cm³/mol. The monoisotopic (exact) mass is 344 g/mol. The molecule has 6 heteroatoms. The third-order valence-electron chi connectivity index (χ3n) is 3.71. The number of aromatic nitrogens is 2. The van der Waals surface area contributed by atoms with Crippen molar-refractivity contribution in [2.75, 3.05) is 12.4 Å². The summed E-state index contributed by atoms with van der Waals surface area (Å²) in [5.41, 5.74) is 2.80. The third-order valence-corrected chi connectivity index (χ3v) is 3.71. The summed E-state index contributed by atoms with van der Waals surface area (Å²) in [5, 5.41) is 11.9. The number of carbonyl (C=O) groups excluding carboxylic acids is 1. The molecule has 0 radical (unpaired) electrons. The number of ether oxygens (including phenoxy) is 1. The van der Waals surface area contributed by atoms with E-state index in [0.29, 0.717) is 34.2 Å². The highest BCUT2D eigenvalue weighted by molar-refractivity contribution is 6.07. The zero-order valence-electron chi connectivity index (χ0n) is 14.4. The summed E-state index contributed by atoms with van der Waals surface area (Å²) in [6.07, 6.45) is 0. The van der Waals surface area contributed by atoms with E-state index in [1.54, 1.807) is 68.6 Å². The van der Waals surface area contributed by atoms with Crippen LogP contribution >= 0.6 is 0 Å². The number of anilines is 2. The van der Waals surface area contributed by atoms with Crippen molar-refractivity contribution in [1.82, 2.24) is 9.97 Å². The van der Waals surface area contributed by atoms with Gasteiger partial charge in [-0.3, -0.25) is 4.79 Å². The fourth-order valence-corrected chi connectivity index (χ4v) is 2.39. The molecule has 6 nitrogen and oxygen atoms in total. The van der Waals surface area contributed by atoms with E-state index in [0.717, 1.165) is 5.69 Å². The molecule has 3 rings (SSSR count). The van der Waals surface area contributed by atoms with E-state index in [2.05, 4.69) is 21.4 Å². The molecule has 0 aliphatic heterocycles. The lowest BCUT2D eigenvalue weighted by Gasteiger charge is -2.08. The lowest BCUT2D eigenvalue weighted by atomic mass is 10.1. The van der Waals surface area contributed by atoms with Crippen molar-refractivity contribution >= 4 is 17.4 Å². The molecule has 0 unspecified atom stereocenters. The van der Waals surface area contributed by atoms with Crippen molar-refractivity contribution in [3.05, 3.63) is 77.1 Å². The van der Waals surface area contributed by atoms with Crippen molar-refractivity contribution in [1.29, 1.82) is 5.26 Å². The number of hydrogen-bond donors (Lipinski definition) is 1. The van der Waals surface area contributed by atoms with Crippen LogP contribution < -0.4 is 10.1 Å². The maximum atomic E-state index is 12.7. The highest BCUT2D eigenvalue weighted by Gasteiger charge is 2.13. The van der Waals surface area contributed by atoms with Crippen LogP contribution in [0, 0.1) is 18.3 Å². The van der Waals surface area contributed by atoms with Crippen LogP contribution in [0.15, 0.2) is 54.6 Å². The smallest absolute Gasteiger partial charge is 0.228 e. The molecule has 0 amide bonds. The first-order valence-corrected chi connectivity index (χ1v) is 7.90. The molecule has 1 heterocycles. The van der Waals surface area contributed by atoms with Crippen molar-refractivity contribution in [2.24, 2.45) is 0 Å². The van der Waals surface area contributed by atoms with E-state index in [1.807, 2.05) is 0 Å². The molecule has 0 spiro atoms. The Bertz CT molecular complexity index is 974. The quantitative estimate of drug-likeness (QED) is 0.711. The minimum Gasteiger partial charge on any atom is -0.497 e. The first-order valence-electron chi connectivity index (χ1n) is 7.90. The molecule has 3 aromatic rings. The number of nitrogens with zero attached hydrogens (tertiary/aromatic N) is 3. The molecule has 0 saturated carbocycles. The zero-order valence-corrected chi connectivity index (χ0v) is 14.4. The maximum absolute atomic E-state index is 12.7. The first-order chi connectivity index (χ1) is 12.6. The van der Waals surface area contributed by atoms with Crippen LogP contribution in [0.4, 0.5) is 11.6 Å². The number of ketones is 1. The van der Waals surface area contributed by atoms with Crippen molar-refractivity contribution in [2.45, 2.75) is 6.92 Å². The van der Waals surface area contributed by atoms with Gasteiger partial charge in [-0.25, -0.2) is 9.97 Å². The van der Waals surface area contributed by atoms with Gasteiger partial charge in [0.1, 0.15) is 11.4 Å². The summed E-state index contributed by atoms with van der Waals surface area (Å²) >= 11 is 0. The maximum Gasteiger partial charge on any atom is 0.228 e. The van der Waals surface area contributed by atoms with Crippen molar-refractivity contribution in [3.8, 4) is 11.8 Å². The Kier molecular flexibility index (Phi) is 4.90. The number of benzene rings is 2. The van der Waals surface area contributed by atoms with Gasteiger partial charge < -0.3 is 10.1 Å². The van der Waals surface area contributed by atoms with Crippen LogP contribution in [0.2, 0.25) is 0 Å². The molecule has 0 aliphatic carbocycles. The van der Waals surface area contributed by atoms with Gasteiger partial charge in [0, 0.05) is 16.9 Å². The van der Waals surface area contributed by atoms with E-state index < -0.39 is 0 Å². The van der Waals surface area contributed by atoms with E-state index in [4.69, 9.17) is 10.00 Å². The first kappa shape index (κ1) is 17.1. The molecular formula is C20H16N4O2. The van der Waals surface area contributed by atoms with E-state index in [1.165, 1.54) is 0 Å². The van der Waals surface area contributed by atoms with Gasteiger partial charge >= 0.3 is 0 Å². The number of nitrogens with one attached hydrogen (secondary N) is 1. The van der Waals surface area contributed by atoms with E-state index >= 15 is 0 Å². The Balaban J connectivity index is 1.86. The highest BCUT2D eigenvalue weighted by atomic mass is 16.5. The van der Waals surface area contributed by atoms with Crippen LogP contribution in [-0.4, -0.2) is 22.9 Å². The summed E-state index contributed by atoms with van der Waals surface area (Å²) in [6, 6.07) is 17.5. The van der Waals surface area contributed by atoms with Gasteiger partial charge in [0.15, 0.2) is 0 Å². The van der Waals surface area contributed by atoms with Gasteiger partial charge in [0.25, 0.3) is 0 Å². The summed E-state index contributed by atoms with van der Waals surface area (Å²) in [4.78, 5) is 21.3. The van der Waals surface area contributed by atoms with Crippen LogP contribution in [0.5, 0.6) is 5.75 Å². The normalized spacial score (nSPS) is 10.0. The van der Waals surface area contributed by atoms with E-state index in [9.17, 15) is 4.79 Å². The summed E-state index contributed by atoms with van der Waals surface area (Å²) in [7, 11) is 1.58. The van der Waals surface area contributed by atoms with Crippen LogP contribution in [0.25, 0.3) is 0 Å². The number of carbonyl (C=O) groups is 1. The molecule has 128 valence electrons. The molecule has 1 N–H and O–H groups in total. The second-order valence-electron chi connectivity index (χ2n) is 5.59. The molecule has 0 bridgehead atoms.